The second-order valence-electron chi connectivity index (χ2n) is 5.37. The van der Waals surface area contributed by atoms with Crippen molar-refractivity contribution in [2.75, 3.05) is 6.61 Å². The van der Waals surface area contributed by atoms with Crippen LogP contribution in [0.3, 0.4) is 0 Å². The first kappa shape index (κ1) is 19.1. The summed E-state index contributed by atoms with van der Waals surface area (Å²) < 4.78 is 38.5. The molecular weight excluding hydrogens is 344 g/mol. The number of rotatable bonds is 4. The molecule has 0 radical (unpaired) electrons. The van der Waals surface area contributed by atoms with Crippen LogP contribution in [-0.2, 0) is 14.6 Å². The SMILES string of the molecule is CCCOS(=O)(=O)[O-].O=C1CC(c2ccccc2)Oc2ccccc21. The third-order valence-corrected chi connectivity index (χ3v) is 3.89. The minimum absolute atomic E-state index is 0.0220. The Balaban J connectivity index is 0.000000242. The molecule has 0 saturated heterocycles. The molecule has 2 aromatic rings. The van der Waals surface area contributed by atoms with Gasteiger partial charge in [0.05, 0.1) is 18.6 Å². The number of ether oxygens (including phenoxy) is 1. The fraction of sp³-hybridized carbons (Fsp3) is 0.278. The number of fused-ring (bicyclic) bond motifs is 1. The Kier molecular flexibility index (Phi) is 6.69. The van der Waals surface area contributed by atoms with Crippen molar-refractivity contribution in [3.63, 3.8) is 0 Å². The molecule has 1 unspecified atom stereocenters. The summed E-state index contributed by atoms with van der Waals surface area (Å²) in [6.07, 6.45) is 0.793. The molecule has 1 heterocycles. The van der Waals surface area contributed by atoms with Gasteiger partial charge in [-0.1, -0.05) is 49.4 Å². The van der Waals surface area contributed by atoms with Crippen molar-refractivity contribution in [2.45, 2.75) is 25.9 Å². The molecule has 6 nitrogen and oxygen atoms in total. The van der Waals surface area contributed by atoms with Crippen molar-refractivity contribution >= 4 is 16.2 Å². The zero-order valence-electron chi connectivity index (χ0n) is 13.8. The van der Waals surface area contributed by atoms with Crippen LogP contribution in [0, 0.1) is 0 Å². The van der Waals surface area contributed by atoms with Crippen LogP contribution in [0.4, 0.5) is 0 Å². The van der Waals surface area contributed by atoms with Gasteiger partial charge in [0, 0.05) is 0 Å². The number of hydrogen-bond acceptors (Lipinski definition) is 6. The maximum Gasteiger partial charge on any atom is 0.217 e. The van der Waals surface area contributed by atoms with Crippen LogP contribution >= 0.6 is 0 Å². The molecule has 0 fully saturated rings. The Morgan fingerprint density at radius 3 is 2.36 bits per heavy atom. The molecule has 0 spiro atoms. The maximum absolute atomic E-state index is 12.0. The molecule has 0 bridgehead atoms. The number of ketones is 1. The van der Waals surface area contributed by atoms with E-state index in [0.717, 1.165) is 5.56 Å². The molecule has 0 aromatic heterocycles. The van der Waals surface area contributed by atoms with Gasteiger partial charge in [0.1, 0.15) is 11.9 Å². The van der Waals surface area contributed by atoms with Crippen molar-refractivity contribution in [3.8, 4) is 5.75 Å². The Labute approximate surface area is 147 Å². The lowest BCUT2D eigenvalue weighted by Crippen LogP contribution is -2.20. The molecule has 0 amide bonds. The van der Waals surface area contributed by atoms with E-state index in [1.807, 2.05) is 54.6 Å². The number of Topliss-reactive ketones (excluding diaryl/α,β-unsaturated/α-hetero) is 1. The fourth-order valence-electron chi connectivity index (χ4n) is 2.31. The van der Waals surface area contributed by atoms with Crippen LogP contribution in [0.5, 0.6) is 5.75 Å². The van der Waals surface area contributed by atoms with Crippen LogP contribution in [0.1, 0.15) is 41.8 Å². The van der Waals surface area contributed by atoms with Crippen molar-refractivity contribution in [1.29, 1.82) is 0 Å². The van der Waals surface area contributed by atoms with Crippen LogP contribution in [-0.4, -0.2) is 25.4 Å². The molecule has 1 aliphatic heterocycles. The summed E-state index contributed by atoms with van der Waals surface area (Å²) in [5, 5.41) is 0. The van der Waals surface area contributed by atoms with E-state index in [1.165, 1.54) is 0 Å². The van der Waals surface area contributed by atoms with E-state index in [2.05, 4.69) is 4.18 Å². The first-order valence-electron chi connectivity index (χ1n) is 7.84. The zero-order valence-corrected chi connectivity index (χ0v) is 14.6. The zero-order chi connectivity index (χ0) is 18.3. The topological polar surface area (TPSA) is 92.7 Å². The van der Waals surface area contributed by atoms with E-state index in [4.69, 9.17) is 4.74 Å². The average molecular weight is 363 g/mol. The maximum atomic E-state index is 12.0. The predicted octanol–water partition coefficient (Wildman–Crippen LogP) is 3.27. The lowest BCUT2D eigenvalue weighted by Gasteiger charge is -2.25. The fourth-order valence-corrected chi connectivity index (χ4v) is 2.68. The van der Waals surface area contributed by atoms with E-state index in [9.17, 15) is 17.8 Å². The Hall–Kier alpha value is -2.22. The number of carbonyl (C=O) groups is 1. The highest BCUT2D eigenvalue weighted by molar-refractivity contribution is 7.80. The summed E-state index contributed by atoms with van der Waals surface area (Å²) in [7, 11) is -4.44. The molecule has 0 aliphatic carbocycles. The summed E-state index contributed by atoms with van der Waals surface area (Å²) in [5.74, 6) is 0.846. The largest absolute Gasteiger partial charge is 0.726 e. The standard InChI is InChI=1S/C15H12O2.C3H8O4S/c16-13-10-15(11-6-2-1-3-7-11)17-14-9-5-4-8-12(13)14;1-2-3-7-8(4,5)6/h1-9,15H,10H2;2-3H2,1H3,(H,4,5,6)/p-1. The molecule has 0 saturated carbocycles. The van der Waals surface area contributed by atoms with Gasteiger partial charge in [-0.3, -0.25) is 8.98 Å². The molecular formula is C18H19O6S-. The molecule has 25 heavy (non-hydrogen) atoms. The summed E-state index contributed by atoms with van der Waals surface area (Å²) in [6, 6.07) is 17.3. The van der Waals surface area contributed by atoms with Crippen LogP contribution in [0.15, 0.2) is 54.6 Å². The van der Waals surface area contributed by atoms with Gasteiger partial charge in [-0.15, -0.1) is 0 Å². The van der Waals surface area contributed by atoms with Crippen molar-refractivity contribution in [3.05, 3.63) is 65.7 Å². The first-order chi connectivity index (χ1) is 11.9. The predicted molar refractivity (Wildman–Crippen MR) is 91.1 cm³/mol. The number of benzene rings is 2. The van der Waals surface area contributed by atoms with E-state index in [1.54, 1.807) is 6.92 Å². The molecule has 2 aromatic carbocycles. The lowest BCUT2D eigenvalue weighted by molar-refractivity contribution is 0.0850. The Morgan fingerprint density at radius 2 is 1.76 bits per heavy atom. The molecule has 7 heteroatoms. The highest BCUT2D eigenvalue weighted by Gasteiger charge is 2.26. The number of hydrogen-bond donors (Lipinski definition) is 0. The third-order valence-electron chi connectivity index (χ3n) is 3.43. The minimum Gasteiger partial charge on any atom is -0.726 e. The summed E-state index contributed by atoms with van der Waals surface area (Å²) in [4.78, 5) is 12.0. The number of carbonyl (C=O) groups excluding carboxylic acids is 1. The van der Waals surface area contributed by atoms with Crippen molar-refractivity contribution in [1.82, 2.24) is 0 Å². The van der Waals surface area contributed by atoms with E-state index < -0.39 is 10.4 Å². The molecule has 3 rings (SSSR count). The number of para-hydroxylation sites is 1. The van der Waals surface area contributed by atoms with Gasteiger partial charge in [-0.05, 0) is 24.1 Å². The molecule has 1 aliphatic rings. The summed E-state index contributed by atoms with van der Waals surface area (Å²) in [5.41, 5.74) is 1.75. The summed E-state index contributed by atoms with van der Waals surface area (Å²) in [6.45, 7) is 1.69. The molecule has 134 valence electrons. The van der Waals surface area contributed by atoms with E-state index in [-0.39, 0.29) is 18.5 Å². The highest BCUT2D eigenvalue weighted by atomic mass is 32.3. The van der Waals surface area contributed by atoms with Crippen LogP contribution < -0.4 is 4.74 Å². The van der Waals surface area contributed by atoms with Crippen molar-refractivity contribution < 1.29 is 26.7 Å². The summed E-state index contributed by atoms with van der Waals surface area (Å²) >= 11 is 0. The lowest BCUT2D eigenvalue weighted by atomic mass is 9.96. The van der Waals surface area contributed by atoms with Crippen LogP contribution in [0.2, 0.25) is 0 Å². The second-order valence-corrected chi connectivity index (χ2v) is 6.42. The van der Waals surface area contributed by atoms with Gasteiger partial charge < -0.3 is 9.29 Å². The van der Waals surface area contributed by atoms with E-state index in [0.29, 0.717) is 24.2 Å². The Bertz CT molecular complexity index is 801. The van der Waals surface area contributed by atoms with Crippen LogP contribution in [0.25, 0.3) is 0 Å². The van der Waals surface area contributed by atoms with Gasteiger partial charge in [0.25, 0.3) is 0 Å². The van der Waals surface area contributed by atoms with Gasteiger partial charge in [0.2, 0.25) is 10.4 Å². The Morgan fingerprint density at radius 1 is 1.12 bits per heavy atom. The smallest absolute Gasteiger partial charge is 0.217 e. The molecule has 1 atom stereocenters. The van der Waals surface area contributed by atoms with Gasteiger partial charge in [0.15, 0.2) is 5.78 Å². The average Bonchev–Trinajstić information content (AvgIpc) is 2.61. The van der Waals surface area contributed by atoms with Gasteiger partial charge >= 0.3 is 0 Å². The quantitative estimate of drug-likeness (QED) is 0.611. The monoisotopic (exact) mass is 363 g/mol. The van der Waals surface area contributed by atoms with E-state index >= 15 is 0 Å². The second kappa shape index (κ2) is 8.75. The van der Waals surface area contributed by atoms with Crippen molar-refractivity contribution in [2.24, 2.45) is 0 Å². The minimum atomic E-state index is -4.44. The normalized spacial score (nSPS) is 16.2. The van der Waals surface area contributed by atoms with Gasteiger partial charge in [-0.2, -0.15) is 0 Å². The third kappa shape index (κ3) is 5.97. The van der Waals surface area contributed by atoms with Gasteiger partial charge in [-0.25, -0.2) is 8.42 Å². The molecule has 0 N–H and O–H groups in total. The first-order valence-corrected chi connectivity index (χ1v) is 9.18. The highest BCUT2D eigenvalue weighted by Crippen LogP contribution is 2.34.